The van der Waals surface area contributed by atoms with E-state index in [0.29, 0.717) is 24.3 Å². The number of aromatic hydroxyl groups is 1. The number of benzene rings is 1. The maximum atomic E-state index is 11.0. The van der Waals surface area contributed by atoms with Gasteiger partial charge in [0.15, 0.2) is 11.5 Å². The van der Waals surface area contributed by atoms with Crippen molar-refractivity contribution in [2.45, 2.75) is 68.5 Å². The van der Waals surface area contributed by atoms with Crippen LogP contribution in [0.3, 0.4) is 0 Å². The molecule has 7 heteroatoms. The Bertz CT molecular complexity index is 916. The van der Waals surface area contributed by atoms with E-state index in [1.165, 1.54) is 30.5 Å². The smallest absolute Gasteiger partial charge is 0.304 e. The number of aliphatic carboxylic acids is 1. The number of nitrogens with one attached hydrogen (secondary N) is 1. The lowest BCUT2D eigenvalue weighted by atomic mass is 9.51. The van der Waals surface area contributed by atoms with Crippen LogP contribution < -0.4 is 14.8 Å². The Kier molecular flexibility index (Phi) is 4.45. The van der Waals surface area contributed by atoms with E-state index in [1.807, 2.05) is 0 Å². The van der Waals surface area contributed by atoms with Crippen LogP contribution in [0.1, 0.15) is 49.7 Å². The Hall–Kier alpha value is -1.99. The van der Waals surface area contributed by atoms with Crippen LogP contribution in [-0.4, -0.2) is 66.0 Å². The van der Waals surface area contributed by atoms with Crippen LogP contribution in [0.15, 0.2) is 6.07 Å². The molecule has 0 unspecified atom stereocenters. The number of carboxylic acid groups (broad SMARTS) is 1. The molecule has 3 fully saturated rings. The number of carbonyl (C=O) groups is 1. The molecule has 2 bridgehead atoms. The van der Waals surface area contributed by atoms with Crippen LogP contribution in [0, 0.1) is 11.8 Å². The Morgan fingerprint density at radius 1 is 1.35 bits per heavy atom. The zero-order chi connectivity index (χ0) is 21.3. The molecule has 1 aromatic carbocycles. The standard InChI is InChI=1S/C24H32N2O5/c1-30-19-11-18(27)22-21-14(19)10-17-15-4-5-16(25-8-6-20(28)29)23(31-22)24(15,21)7-9-26(17)12-13-2-3-13/h11,13,15-17,23,25,27H,2-10,12H2,1H3,(H,28,29)/t15-,16+,17+,23-,24-/m0/s1. The molecule has 168 valence electrons. The topological polar surface area (TPSA) is 91.3 Å². The minimum absolute atomic E-state index is 0.0716. The van der Waals surface area contributed by atoms with Crippen molar-refractivity contribution in [2.75, 3.05) is 26.7 Å². The van der Waals surface area contributed by atoms with Crippen molar-refractivity contribution in [2.24, 2.45) is 11.8 Å². The minimum Gasteiger partial charge on any atom is -0.504 e. The maximum Gasteiger partial charge on any atom is 0.304 e. The first-order chi connectivity index (χ1) is 15.0. The number of hydrogen-bond donors (Lipinski definition) is 3. The highest BCUT2D eigenvalue weighted by Crippen LogP contribution is 2.65. The first-order valence-corrected chi connectivity index (χ1v) is 11.8. The summed E-state index contributed by atoms with van der Waals surface area (Å²) in [7, 11) is 1.68. The molecule has 3 aliphatic carbocycles. The molecule has 31 heavy (non-hydrogen) atoms. The molecule has 3 N–H and O–H groups in total. The Labute approximate surface area is 182 Å². The van der Waals surface area contributed by atoms with Crippen LogP contribution in [0.2, 0.25) is 0 Å². The van der Waals surface area contributed by atoms with E-state index < -0.39 is 5.97 Å². The SMILES string of the molecule is COc1cc(O)c2c3c1C[C@@H]1[C@@H]4CC[C@@H](NCCC(=O)O)[C@H](O2)[C@]34CCN1CC1CC1. The fourth-order valence-corrected chi connectivity index (χ4v) is 7.29. The Morgan fingerprint density at radius 3 is 2.94 bits per heavy atom. The molecule has 1 saturated heterocycles. The van der Waals surface area contributed by atoms with Crippen molar-refractivity contribution in [3.8, 4) is 17.2 Å². The minimum atomic E-state index is -0.786. The summed E-state index contributed by atoms with van der Waals surface area (Å²) in [5.41, 5.74) is 2.27. The zero-order valence-electron chi connectivity index (χ0n) is 18.1. The third-order valence-electron chi connectivity index (χ3n) is 8.67. The summed E-state index contributed by atoms with van der Waals surface area (Å²) in [4.78, 5) is 13.8. The molecule has 2 aliphatic heterocycles. The van der Waals surface area contributed by atoms with Gasteiger partial charge in [-0.25, -0.2) is 0 Å². The molecule has 0 radical (unpaired) electrons. The molecule has 0 amide bonds. The average molecular weight is 429 g/mol. The second-order valence-electron chi connectivity index (χ2n) is 10.2. The summed E-state index contributed by atoms with van der Waals surface area (Å²) in [6.45, 7) is 2.71. The highest BCUT2D eigenvalue weighted by atomic mass is 16.5. The van der Waals surface area contributed by atoms with Crippen molar-refractivity contribution in [3.05, 3.63) is 17.2 Å². The number of piperidine rings is 1. The van der Waals surface area contributed by atoms with Gasteiger partial charge < -0.3 is 25.0 Å². The number of rotatable bonds is 7. The first kappa shape index (κ1) is 19.7. The first-order valence-electron chi connectivity index (χ1n) is 11.8. The number of carboxylic acids is 1. The van der Waals surface area contributed by atoms with E-state index >= 15 is 0 Å². The number of nitrogens with zero attached hydrogens (tertiary/aromatic N) is 1. The number of likely N-dealkylation sites (tertiary alicyclic amines) is 1. The molecule has 5 aliphatic rings. The molecular formula is C24H32N2O5. The van der Waals surface area contributed by atoms with Crippen LogP contribution >= 0.6 is 0 Å². The van der Waals surface area contributed by atoms with Gasteiger partial charge in [0.05, 0.1) is 13.5 Å². The third-order valence-corrected chi connectivity index (χ3v) is 8.67. The van der Waals surface area contributed by atoms with Crippen molar-refractivity contribution in [3.63, 3.8) is 0 Å². The quantitative estimate of drug-likeness (QED) is 0.614. The summed E-state index contributed by atoms with van der Waals surface area (Å²) in [5.74, 6) is 2.16. The van der Waals surface area contributed by atoms with E-state index in [4.69, 9.17) is 14.6 Å². The molecule has 1 aromatic rings. The van der Waals surface area contributed by atoms with Gasteiger partial charge in [-0.3, -0.25) is 9.69 Å². The highest BCUT2D eigenvalue weighted by molar-refractivity contribution is 5.67. The van der Waals surface area contributed by atoms with E-state index in [1.54, 1.807) is 13.2 Å². The molecule has 6 rings (SSSR count). The second-order valence-corrected chi connectivity index (χ2v) is 10.2. The van der Waals surface area contributed by atoms with Crippen LogP contribution in [0.5, 0.6) is 17.2 Å². The Balaban J connectivity index is 1.42. The summed E-state index contributed by atoms with van der Waals surface area (Å²) in [5, 5.41) is 23.4. The normalized spacial score (nSPS) is 35.4. The molecule has 0 aromatic heterocycles. The fraction of sp³-hybridized carbons (Fsp3) is 0.708. The van der Waals surface area contributed by atoms with Crippen molar-refractivity contribution < 1.29 is 24.5 Å². The molecule has 1 spiro atoms. The molecule has 2 heterocycles. The van der Waals surface area contributed by atoms with Crippen LogP contribution in [0.4, 0.5) is 0 Å². The number of phenolic OH excluding ortho intramolecular Hbond substituents is 1. The number of phenols is 1. The summed E-state index contributed by atoms with van der Waals surface area (Å²) in [6, 6.07) is 2.29. The predicted molar refractivity (Wildman–Crippen MR) is 114 cm³/mol. The van der Waals surface area contributed by atoms with Crippen molar-refractivity contribution in [1.29, 1.82) is 0 Å². The van der Waals surface area contributed by atoms with Crippen molar-refractivity contribution in [1.82, 2.24) is 10.2 Å². The van der Waals surface area contributed by atoms with Gasteiger partial charge >= 0.3 is 5.97 Å². The van der Waals surface area contributed by atoms with Gasteiger partial charge in [0.2, 0.25) is 0 Å². The van der Waals surface area contributed by atoms with Crippen LogP contribution in [0.25, 0.3) is 0 Å². The summed E-state index contributed by atoms with van der Waals surface area (Å²) >= 11 is 0. The lowest BCUT2D eigenvalue weighted by Crippen LogP contribution is -2.68. The molecule has 2 saturated carbocycles. The predicted octanol–water partition coefficient (Wildman–Crippen LogP) is 2.28. The average Bonchev–Trinajstić information content (AvgIpc) is 3.49. The monoisotopic (exact) mass is 428 g/mol. The summed E-state index contributed by atoms with van der Waals surface area (Å²) < 4.78 is 12.3. The van der Waals surface area contributed by atoms with E-state index in [2.05, 4.69) is 10.2 Å². The van der Waals surface area contributed by atoms with Crippen LogP contribution in [-0.2, 0) is 16.6 Å². The summed E-state index contributed by atoms with van der Waals surface area (Å²) in [6.07, 6.45) is 6.81. The van der Waals surface area contributed by atoms with Gasteiger partial charge in [-0.15, -0.1) is 0 Å². The number of hydrogen-bond acceptors (Lipinski definition) is 6. The second kappa shape index (κ2) is 7.01. The number of methoxy groups -OCH3 is 1. The van der Waals surface area contributed by atoms with Gasteiger partial charge in [0.1, 0.15) is 11.9 Å². The zero-order valence-corrected chi connectivity index (χ0v) is 18.1. The van der Waals surface area contributed by atoms with Gasteiger partial charge in [-0.1, -0.05) is 0 Å². The molecule has 5 atom stereocenters. The maximum absolute atomic E-state index is 11.0. The number of ether oxygens (including phenoxy) is 2. The third kappa shape index (κ3) is 2.82. The van der Waals surface area contributed by atoms with Gasteiger partial charge in [0.25, 0.3) is 0 Å². The lowest BCUT2D eigenvalue weighted by Gasteiger charge is -2.59. The van der Waals surface area contributed by atoms with Gasteiger partial charge in [0, 0.05) is 47.8 Å². The van der Waals surface area contributed by atoms with Gasteiger partial charge in [-0.05, 0) is 56.9 Å². The van der Waals surface area contributed by atoms with Crippen molar-refractivity contribution >= 4 is 5.97 Å². The molecule has 7 nitrogen and oxygen atoms in total. The van der Waals surface area contributed by atoms with E-state index in [0.717, 1.165) is 43.9 Å². The highest BCUT2D eigenvalue weighted by Gasteiger charge is 2.66. The van der Waals surface area contributed by atoms with Gasteiger partial charge in [-0.2, -0.15) is 0 Å². The van der Waals surface area contributed by atoms with E-state index in [-0.39, 0.29) is 29.7 Å². The largest absolute Gasteiger partial charge is 0.504 e. The Morgan fingerprint density at radius 2 is 2.19 bits per heavy atom. The molecular weight excluding hydrogens is 396 g/mol. The van der Waals surface area contributed by atoms with E-state index in [9.17, 15) is 9.90 Å². The lowest BCUT2D eigenvalue weighted by molar-refractivity contribution is -0.137. The fourth-order valence-electron chi connectivity index (χ4n) is 7.29.